The first-order valence-electron chi connectivity index (χ1n) is 6.25. The molecule has 0 heterocycles. The molecule has 2 rings (SSSR count). The highest BCUT2D eigenvalue weighted by Crippen LogP contribution is 2.29. The third-order valence-corrected chi connectivity index (χ3v) is 3.98. The van der Waals surface area contributed by atoms with E-state index < -0.39 is 0 Å². The third kappa shape index (κ3) is 3.50. The van der Waals surface area contributed by atoms with Crippen LogP contribution in [0.2, 0.25) is 0 Å². The van der Waals surface area contributed by atoms with Crippen molar-refractivity contribution in [2.24, 2.45) is 5.92 Å². The highest BCUT2D eigenvalue weighted by molar-refractivity contribution is 6.20. The lowest BCUT2D eigenvalue weighted by Gasteiger charge is -2.14. The number of nitrogens with one attached hydrogen (secondary N) is 1. The van der Waals surface area contributed by atoms with Crippen LogP contribution in [0.5, 0.6) is 0 Å². The van der Waals surface area contributed by atoms with Crippen LogP contribution in [0.4, 0.5) is 0 Å². The van der Waals surface area contributed by atoms with Gasteiger partial charge in [-0.05, 0) is 43.8 Å². The van der Waals surface area contributed by atoms with Gasteiger partial charge in [0.15, 0.2) is 0 Å². The summed E-state index contributed by atoms with van der Waals surface area (Å²) in [6.45, 7) is 2.14. The van der Waals surface area contributed by atoms with Gasteiger partial charge in [-0.25, -0.2) is 0 Å². The lowest BCUT2D eigenvalue weighted by Crippen LogP contribution is -2.27. The van der Waals surface area contributed by atoms with Crippen molar-refractivity contribution >= 4 is 11.6 Å². The van der Waals surface area contributed by atoms with Gasteiger partial charge < -0.3 is 5.32 Å². The summed E-state index contributed by atoms with van der Waals surface area (Å²) < 4.78 is 0. The van der Waals surface area contributed by atoms with Gasteiger partial charge in [0, 0.05) is 5.38 Å². The van der Waals surface area contributed by atoms with Crippen LogP contribution in [0.3, 0.4) is 0 Å². The largest absolute Gasteiger partial charge is 0.316 e. The van der Waals surface area contributed by atoms with Crippen molar-refractivity contribution in [3.63, 3.8) is 0 Å². The maximum absolute atomic E-state index is 6.23. The predicted molar refractivity (Wildman–Crippen MR) is 70.0 cm³/mol. The molecule has 1 saturated carbocycles. The van der Waals surface area contributed by atoms with Crippen LogP contribution in [-0.4, -0.2) is 18.5 Å². The Kier molecular flexibility index (Phi) is 4.68. The number of rotatable bonds is 5. The van der Waals surface area contributed by atoms with E-state index >= 15 is 0 Å². The van der Waals surface area contributed by atoms with Gasteiger partial charge in [-0.1, -0.05) is 36.8 Å². The Bertz CT molecular complexity index is 299. The third-order valence-electron chi connectivity index (χ3n) is 3.41. The van der Waals surface area contributed by atoms with Gasteiger partial charge in [-0.2, -0.15) is 0 Å². The van der Waals surface area contributed by atoms with Gasteiger partial charge in [-0.3, -0.25) is 0 Å². The summed E-state index contributed by atoms with van der Waals surface area (Å²) >= 11 is 6.23. The fourth-order valence-corrected chi connectivity index (χ4v) is 2.76. The van der Waals surface area contributed by atoms with E-state index in [0.29, 0.717) is 11.3 Å². The van der Waals surface area contributed by atoms with E-state index in [-0.39, 0.29) is 0 Å². The molecule has 1 nitrogen and oxygen atoms in total. The molecule has 2 unspecified atom stereocenters. The second kappa shape index (κ2) is 6.27. The van der Waals surface area contributed by atoms with Crippen LogP contribution < -0.4 is 5.32 Å². The van der Waals surface area contributed by atoms with Crippen molar-refractivity contribution in [3.8, 4) is 0 Å². The summed E-state index contributed by atoms with van der Waals surface area (Å²) in [4.78, 5) is 0. The Balaban J connectivity index is 1.62. The van der Waals surface area contributed by atoms with Crippen LogP contribution in [-0.2, 0) is 6.42 Å². The monoisotopic (exact) mass is 237 g/mol. The molecule has 2 atom stereocenters. The Morgan fingerprint density at radius 1 is 1.19 bits per heavy atom. The minimum Gasteiger partial charge on any atom is -0.316 e. The highest BCUT2D eigenvalue weighted by Gasteiger charge is 2.24. The average Bonchev–Trinajstić information content (AvgIpc) is 2.72. The normalized spacial score (nSPS) is 24.8. The summed E-state index contributed by atoms with van der Waals surface area (Å²) in [6.07, 6.45) is 4.92. The summed E-state index contributed by atoms with van der Waals surface area (Å²) in [5.74, 6) is 0.692. The smallest absolute Gasteiger partial charge is 0.0376 e. The summed E-state index contributed by atoms with van der Waals surface area (Å²) in [5, 5.41) is 3.93. The molecule has 0 radical (unpaired) electrons. The van der Waals surface area contributed by atoms with Crippen LogP contribution in [0.25, 0.3) is 0 Å². The average molecular weight is 238 g/mol. The first-order chi connectivity index (χ1) is 7.86. The summed E-state index contributed by atoms with van der Waals surface area (Å²) in [6, 6.07) is 10.6. The van der Waals surface area contributed by atoms with Crippen molar-refractivity contribution in [2.45, 2.75) is 31.1 Å². The van der Waals surface area contributed by atoms with E-state index in [1.54, 1.807) is 0 Å². The zero-order valence-electron chi connectivity index (χ0n) is 9.66. The molecule has 16 heavy (non-hydrogen) atoms. The van der Waals surface area contributed by atoms with E-state index in [2.05, 4.69) is 35.6 Å². The van der Waals surface area contributed by atoms with Gasteiger partial charge in [0.25, 0.3) is 0 Å². The Morgan fingerprint density at radius 2 is 2.00 bits per heavy atom. The van der Waals surface area contributed by atoms with Gasteiger partial charge in [0.05, 0.1) is 0 Å². The molecule has 1 aliphatic carbocycles. The quantitative estimate of drug-likeness (QED) is 0.613. The van der Waals surface area contributed by atoms with Crippen molar-refractivity contribution < 1.29 is 0 Å². The van der Waals surface area contributed by atoms with Crippen molar-refractivity contribution in [3.05, 3.63) is 35.9 Å². The predicted octanol–water partition coefficient (Wildman–Crippen LogP) is 3.23. The molecule has 1 aromatic carbocycles. The van der Waals surface area contributed by atoms with Crippen molar-refractivity contribution in [2.75, 3.05) is 13.1 Å². The van der Waals surface area contributed by atoms with E-state index in [1.165, 1.54) is 24.8 Å². The molecule has 1 aliphatic rings. The van der Waals surface area contributed by atoms with E-state index in [1.807, 2.05) is 0 Å². The molecule has 1 fully saturated rings. The fraction of sp³-hybridized carbons (Fsp3) is 0.571. The second-order valence-corrected chi connectivity index (χ2v) is 5.21. The number of hydrogen-bond acceptors (Lipinski definition) is 1. The fourth-order valence-electron chi connectivity index (χ4n) is 2.39. The molecular weight excluding hydrogens is 218 g/mol. The standard InChI is InChI=1S/C14H20ClN/c15-14-8-4-7-13(14)11-16-10-9-12-5-2-1-3-6-12/h1-3,5-6,13-14,16H,4,7-11H2. The SMILES string of the molecule is ClC1CCCC1CNCCc1ccccc1. The minimum absolute atomic E-state index is 0.407. The Hall–Kier alpha value is -0.530. The van der Waals surface area contributed by atoms with Gasteiger partial charge in [0.2, 0.25) is 0 Å². The van der Waals surface area contributed by atoms with Gasteiger partial charge >= 0.3 is 0 Å². The molecule has 0 spiro atoms. The number of hydrogen-bond donors (Lipinski definition) is 1. The van der Waals surface area contributed by atoms with Crippen LogP contribution in [0, 0.1) is 5.92 Å². The number of halogens is 1. The molecule has 88 valence electrons. The van der Waals surface area contributed by atoms with E-state index in [0.717, 1.165) is 19.5 Å². The lowest BCUT2D eigenvalue weighted by molar-refractivity contribution is 0.496. The molecular formula is C14H20ClN. The topological polar surface area (TPSA) is 12.0 Å². The number of alkyl halides is 1. The lowest BCUT2D eigenvalue weighted by atomic mass is 10.1. The van der Waals surface area contributed by atoms with E-state index in [9.17, 15) is 0 Å². The Morgan fingerprint density at radius 3 is 2.69 bits per heavy atom. The first kappa shape index (κ1) is 11.9. The molecule has 0 aromatic heterocycles. The van der Waals surface area contributed by atoms with Crippen LogP contribution in [0.15, 0.2) is 30.3 Å². The number of benzene rings is 1. The van der Waals surface area contributed by atoms with E-state index in [4.69, 9.17) is 11.6 Å². The molecule has 0 amide bonds. The molecule has 2 heteroatoms. The summed E-state index contributed by atoms with van der Waals surface area (Å²) in [5.41, 5.74) is 1.41. The molecule has 0 bridgehead atoms. The van der Waals surface area contributed by atoms with Crippen molar-refractivity contribution in [1.82, 2.24) is 5.32 Å². The molecule has 0 aliphatic heterocycles. The molecule has 1 N–H and O–H groups in total. The summed E-state index contributed by atoms with van der Waals surface area (Å²) in [7, 11) is 0. The minimum atomic E-state index is 0.407. The van der Waals surface area contributed by atoms with Crippen LogP contribution in [0.1, 0.15) is 24.8 Å². The second-order valence-electron chi connectivity index (χ2n) is 4.65. The van der Waals surface area contributed by atoms with Gasteiger partial charge in [-0.15, -0.1) is 11.6 Å². The maximum Gasteiger partial charge on any atom is 0.0376 e. The van der Waals surface area contributed by atoms with Crippen LogP contribution >= 0.6 is 11.6 Å². The first-order valence-corrected chi connectivity index (χ1v) is 6.68. The molecule has 0 saturated heterocycles. The maximum atomic E-state index is 6.23. The zero-order chi connectivity index (χ0) is 11.2. The molecule has 1 aromatic rings. The highest BCUT2D eigenvalue weighted by atomic mass is 35.5. The zero-order valence-corrected chi connectivity index (χ0v) is 10.4. The van der Waals surface area contributed by atoms with Gasteiger partial charge in [0.1, 0.15) is 0 Å². The Labute approximate surface area is 103 Å². The van der Waals surface area contributed by atoms with Crippen molar-refractivity contribution in [1.29, 1.82) is 0 Å².